The standard InChI is InChI=1S/C23H26N2/c1-18-11-12-20(16-19(18)2)17-25-15-7-14-24-13-6-10-22(24)23(25)21-8-4-3-5-9-21/h3-6,8-13,16,23H,7,14-15,17H2,1-2H3. The van der Waals surface area contributed by atoms with Crippen LogP contribution in [0.4, 0.5) is 0 Å². The van der Waals surface area contributed by atoms with Crippen molar-refractivity contribution >= 4 is 0 Å². The molecule has 2 aromatic carbocycles. The molecule has 1 aliphatic rings. The zero-order chi connectivity index (χ0) is 17.2. The van der Waals surface area contributed by atoms with Gasteiger partial charge in [-0.1, -0.05) is 48.5 Å². The van der Waals surface area contributed by atoms with Crippen LogP contribution in [-0.2, 0) is 13.1 Å². The average molecular weight is 330 g/mol. The molecule has 1 atom stereocenters. The van der Waals surface area contributed by atoms with E-state index in [1.165, 1.54) is 34.4 Å². The molecule has 2 heterocycles. The molecule has 1 aliphatic heterocycles. The predicted molar refractivity (Wildman–Crippen MR) is 104 cm³/mol. The molecule has 0 aliphatic carbocycles. The van der Waals surface area contributed by atoms with Crippen LogP contribution in [0.25, 0.3) is 0 Å². The summed E-state index contributed by atoms with van der Waals surface area (Å²) in [5, 5.41) is 0. The van der Waals surface area contributed by atoms with Crippen molar-refractivity contribution in [2.75, 3.05) is 6.54 Å². The number of rotatable bonds is 3. The van der Waals surface area contributed by atoms with Crippen molar-refractivity contribution in [1.82, 2.24) is 9.47 Å². The fourth-order valence-corrected chi connectivity index (χ4v) is 3.96. The van der Waals surface area contributed by atoms with Crippen LogP contribution in [0.15, 0.2) is 66.9 Å². The summed E-state index contributed by atoms with van der Waals surface area (Å²) in [5.74, 6) is 0. The highest BCUT2D eigenvalue weighted by molar-refractivity contribution is 5.32. The Morgan fingerprint density at radius 3 is 2.52 bits per heavy atom. The van der Waals surface area contributed by atoms with E-state index in [0.717, 1.165) is 19.6 Å². The third-order valence-electron chi connectivity index (χ3n) is 5.43. The van der Waals surface area contributed by atoms with E-state index in [9.17, 15) is 0 Å². The average Bonchev–Trinajstić information content (AvgIpc) is 3.00. The molecule has 1 aromatic heterocycles. The molecule has 0 spiro atoms. The van der Waals surface area contributed by atoms with Gasteiger partial charge in [-0.3, -0.25) is 4.90 Å². The number of aryl methyl sites for hydroxylation is 3. The van der Waals surface area contributed by atoms with Crippen molar-refractivity contribution in [3.63, 3.8) is 0 Å². The molecule has 0 bridgehead atoms. The highest BCUT2D eigenvalue weighted by Crippen LogP contribution is 2.33. The number of aromatic nitrogens is 1. The van der Waals surface area contributed by atoms with Crippen LogP contribution in [0, 0.1) is 13.8 Å². The van der Waals surface area contributed by atoms with Gasteiger partial charge in [-0.05, 0) is 54.7 Å². The van der Waals surface area contributed by atoms with E-state index in [1.54, 1.807) is 0 Å². The molecule has 2 nitrogen and oxygen atoms in total. The lowest BCUT2D eigenvalue weighted by Crippen LogP contribution is -2.29. The minimum Gasteiger partial charge on any atom is -0.350 e. The van der Waals surface area contributed by atoms with E-state index in [-0.39, 0.29) is 0 Å². The Morgan fingerprint density at radius 1 is 0.880 bits per heavy atom. The van der Waals surface area contributed by atoms with Gasteiger partial charge in [-0.2, -0.15) is 0 Å². The number of hydrogen-bond acceptors (Lipinski definition) is 1. The molecule has 2 heteroatoms. The minimum atomic E-state index is 0.320. The van der Waals surface area contributed by atoms with Gasteiger partial charge in [-0.15, -0.1) is 0 Å². The van der Waals surface area contributed by atoms with Crippen molar-refractivity contribution in [1.29, 1.82) is 0 Å². The summed E-state index contributed by atoms with van der Waals surface area (Å²) in [6, 6.07) is 22.6. The van der Waals surface area contributed by atoms with E-state index in [0.29, 0.717) is 6.04 Å². The second-order valence-electron chi connectivity index (χ2n) is 7.18. The first kappa shape index (κ1) is 16.2. The van der Waals surface area contributed by atoms with Gasteiger partial charge in [0.05, 0.1) is 6.04 Å². The molecule has 0 N–H and O–H groups in total. The Kier molecular flexibility index (Phi) is 4.46. The van der Waals surface area contributed by atoms with Gasteiger partial charge < -0.3 is 4.57 Å². The maximum absolute atomic E-state index is 2.64. The smallest absolute Gasteiger partial charge is 0.0759 e. The van der Waals surface area contributed by atoms with Crippen LogP contribution in [0.2, 0.25) is 0 Å². The lowest BCUT2D eigenvalue weighted by atomic mass is 10.00. The van der Waals surface area contributed by atoms with Crippen molar-refractivity contribution in [2.45, 2.75) is 39.4 Å². The Hall–Kier alpha value is -2.32. The summed E-state index contributed by atoms with van der Waals surface area (Å²) in [6.07, 6.45) is 3.42. The summed E-state index contributed by atoms with van der Waals surface area (Å²) >= 11 is 0. The molecule has 0 radical (unpaired) electrons. The van der Waals surface area contributed by atoms with Crippen LogP contribution in [0.5, 0.6) is 0 Å². The molecule has 0 amide bonds. The van der Waals surface area contributed by atoms with Crippen LogP contribution >= 0.6 is 0 Å². The molecule has 0 saturated heterocycles. The Morgan fingerprint density at radius 2 is 1.72 bits per heavy atom. The monoisotopic (exact) mass is 330 g/mol. The first-order valence-corrected chi connectivity index (χ1v) is 9.22. The molecule has 0 fully saturated rings. The van der Waals surface area contributed by atoms with Gasteiger partial charge >= 0.3 is 0 Å². The first-order chi connectivity index (χ1) is 12.2. The highest BCUT2D eigenvalue weighted by atomic mass is 15.2. The van der Waals surface area contributed by atoms with Crippen LogP contribution < -0.4 is 0 Å². The van der Waals surface area contributed by atoms with Crippen LogP contribution in [-0.4, -0.2) is 16.0 Å². The van der Waals surface area contributed by atoms with Gasteiger partial charge in [-0.25, -0.2) is 0 Å². The lowest BCUT2D eigenvalue weighted by molar-refractivity contribution is 0.220. The maximum Gasteiger partial charge on any atom is 0.0759 e. The number of benzene rings is 2. The topological polar surface area (TPSA) is 8.17 Å². The lowest BCUT2D eigenvalue weighted by Gasteiger charge is -2.31. The molecular formula is C23H26N2. The SMILES string of the molecule is Cc1ccc(CN2CCCn3cccc3C2c2ccccc2)cc1C. The first-order valence-electron chi connectivity index (χ1n) is 9.22. The Bertz CT molecular complexity index is 848. The van der Waals surface area contributed by atoms with Gasteiger partial charge in [0, 0.05) is 31.5 Å². The van der Waals surface area contributed by atoms with E-state index in [4.69, 9.17) is 0 Å². The number of nitrogens with zero attached hydrogens (tertiary/aromatic N) is 2. The maximum atomic E-state index is 2.64. The summed E-state index contributed by atoms with van der Waals surface area (Å²) in [7, 11) is 0. The van der Waals surface area contributed by atoms with E-state index in [1.807, 2.05) is 0 Å². The zero-order valence-electron chi connectivity index (χ0n) is 15.2. The normalized spacial score (nSPS) is 17.9. The van der Waals surface area contributed by atoms with Crippen LogP contribution in [0.1, 0.15) is 40.4 Å². The second-order valence-corrected chi connectivity index (χ2v) is 7.18. The molecule has 0 saturated carbocycles. The Balaban J connectivity index is 1.72. The van der Waals surface area contributed by atoms with Gasteiger partial charge in [0.2, 0.25) is 0 Å². The largest absolute Gasteiger partial charge is 0.350 e. The van der Waals surface area contributed by atoms with Crippen molar-refractivity contribution in [3.8, 4) is 0 Å². The van der Waals surface area contributed by atoms with Gasteiger partial charge in [0.25, 0.3) is 0 Å². The number of fused-ring (bicyclic) bond motifs is 1. The fraction of sp³-hybridized carbons (Fsp3) is 0.304. The van der Waals surface area contributed by atoms with Crippen LogP contribution in [0.3, 0.4) is 0 Å². The third kappa shape index (κ3) is 3.27. The molecular weight excluding hydrogens is 304 g/mol. The molecule has 128 valence electrons. The molecule has 25 heavy (non-hydrogen) atoms. The van der Waals surface area contributed by atoms with Crippen molar-refractivity contribution in [3.05, 3.63) is 94.8 Å². The Labute approximate surface area is 150 Å². The quantitative estimate of drug-likeness (QED) is 0.648. The minimum absolute atomic E-state index is 0.320. The van der Waals surface area contributed by atoms with E-state index >= 15 is 0 Å². The zero-order valence-corrected chi connectivity index (χ0v) is 15.2. The van der Waals surface area contributed by atoms with E-state index < -0.39 is 0 Å². The summed E-state index contributed by atoms with van der Waals surface area (Å²) in [4.78, 5) is 2.64. The van der Waals surface area contributed by atoms with Crippen molar-refractivity contribution < 1.29 is 0 Å². The highest BCUT2D eigenvalue weighted by Gasteiger charge is 2.27. The molecule has 4 rings (SSSR count). The summed E-state index contributed by atoms with van der Waals surface area (Å²) in [6.45, 7) is 7.61. The second kappa shape index (κ2) is 6.89. The van der Waals surface area contributed by atoms with Gasteiger partial charge in [0.1, 0.15) is 0 Å². The summed E-state index contributed by atoms with van der Waals surface area (Å²) in [5.41, 5.74) is 6.95. The predicted octanol–water partition coefficient (Wildman–Crippen LogP) is 5.10. The number of hydrogen-bond donors (Lipinski definition) is 0. The molecule has 3 aromatic rings. The third-order valence-corrected chi connectivity index (χ3v) is 5.43. The fourth-order valence-electron chi connectivity index (χ4n) is 3.96. The van der Waals surface area contributed by atoms with Crippen molar-refractivity contribution in [2.24, 2.45) is 0 Å². The molecule has 1 unspecified atom stereocenters. The summed E-state index contributed by atoms with van der Waals surface area (Å²) < 4.78 is 2.43. The van der Waals surface area contributed by atoms with Gasteiger partial charge in [0.15, 0.2) is 0 Å². The van der Waals surface area contributed by atoms with E-state index in [2.05, 4.69) is 90.2 Å².